The number of halogens is 4. The zero-order valence-electron chi connectivity index (χ0n) is 63.3. The van der Waals surface area contributed by atoms with Crippen molar-refractivity contribution in [2.75, 3.05) is 117 Å². The van der Waals surface area contributed by atoms with Crippen LogP contribution in [0.2, 0.25) is 15.1 Å². The van der Waals surface area contributed by atoms with Gasteiger partial charge in [0.2, 0.25) is 23.6 Å². The molecule has 4 aliphatic heterocycles. The van der Waals surface area contributed by atoms with Crippen molar-refractivity contribution in [1.29, 1.82) is 0 Å². The molecule has 588 valence electrons. The average Bonchev–Trinajstić information content (AvgIpc) is 1.63. The van der Waals surface area contributed by atoms with Crippen LogP contribution in [0.1, 0.15) is 62.7 Å². The molecule has 114 heavy (non-hydrogen) atoms. The highest BCUT2D eigenvalue weighted by Gasteiger charge is 2.34. The number of hydrogen-bond donors (Lipinski definition) is 4. The van der Waals surface area contributed by atoms with Crippen LogP contribution in [0.5, 0.6) is 0 Å². The summed E-state index contributed by atoms with van der Waals surface area (Å²) in [5.74, 6) is 1.02. The van der Waals surface area contributed by atoms with Gasteiger partial charge in [0, 0.05) is 115 Å². The molecule has 0 saturated carbocycles. The number of rotatable bonds is 16. The molecule has 12 heterocycles. The monoisotopic (exact) mass is 1600 g/mol. The Morgan fingerprint density at radius 3 is 0.956 bits per heavy atom. The Morgan fingerprint density at radius 1 is 0.404 bits per heavy atom. The molecule has 0 aliphatic carbocycles. The van der Waals surface area contributed by atoms with Crippen LogP contribution in [0.4, 0.5) is 27.7 Å². The van der Waals surface area contributed by atoms with Crippen molar-refractivity contribution in [3.05, 3.63) is 193 Å². The lowest BCUT2D eigenvalue weighted by Gasteiger charge is -2.32. The van der Waals surface area contributed by atoms with Gasteiger partial charge in [-0.2, -0.15) is 20.4 Å². The predicted molar refractivity (Wildman–Crippen MR) is 442 cm³/mol. The minimum atomic E-state index is -0.320. The molecular weight excluding hydrogens is 1510 g/mol. The standard InChI is InChI=1S/C22H26ClN7O.C21H24FN7O.C19H19ClN6O.C18H17ClN6O/c1-28(2)11-4-6-18(31)29-12-3-5-17(13-29)30-22-19(21(24)25-14-26-22)20(27-30)15-7-9-16(23)10-8-15;1-27(2)10-3-4-17(30)28-11-9-16(12-28)29-21-18(20(23)24-13-25-21)19(26-29)14-5-7-15(22)8-6-14;1-2-15(27)25-9-3-4-14(10-25)26-19-16(18(21)22-11-23-19)17(24-26)12-5-7-13(20)8-6-12;1-2-14(26)24-8-7-13(9-24)25-18-15(17(20)21-10-22-18)16(23-25)11-3-5-12(19)6-4-11/h4,6-10,14,17H,3,5,11-13H2,1-2H3,(H2,24,25,26);3-8,13,16H,9-12H2,1-2H3,(H2,23,24,25);2,5-8,11,14H,1,3-4,9-10H2,(H2,21,22,23);2-6,10,13H,1,7-9H2,(H2,20,21,22)/b6-4+;4-3+;;/t17-;16-;14-;13-/m1111/s1. The van der Waals surface area contributed by atoms with Gasteiger partial charge in [-0.05, 0) is 140 Å². The van der Waals surface area contributed by atoms with Crippen LogP contribution in [-0.4, -0.2) is 226 Å². The second-order valence-corrected chi connectivity index (χ2v) is 29.7. The van der Waals surface area contributed by atoms with Gasteiger partial charge in [-0.1, -0.05) is 96.5 Å². The summed E-state index contributed by atoms with van der Waals surface area (Å²) in [7, 11) is 7.85. The van der Waals surface area contributed by atoms with E-state index in [1.807, 2.05) is 151 Å². The summed E-state index contributed by atoms with van der Waals surface area (Å²) in [6.45, 7) is 13.6. The third-order valence-electron chi connectivity index (χ3n) is 20.1. The van der Waals surface area contributed by atoms with E-state index in [4.69, 9.17) is 78.1 Å². The Bertz CT molecular complexity index is 5570. The van der Waals surface area contributed by atoms with E-state index in [1.54, 1.807) is 34.1 Å². The molecule has 16 rings (SSSR count). The molecule has 4 fully saturated rings. The van der Waals surface area contributed by atoms with Gasteiger partial charge >= 0.3 is 0 Å². The Hall–Kier alpha value is -12.2. The molecule has 0 bridgehead atoms. The second kappa shape index (κ2) is 35.7. The number of likely N-dealkylation sites (N-methyl/N-ethyl adjacent to an activating group) is 2. The number of nitrogen functional groups attached to an aromatic ring is 4. The molecule has 0 unspecified atom stereocenters. The molecule has 4 amide bonds. The van der Waals surface area contributed by atoms with Gasteiger partial charge in [0.25, 0.3) is 0 Å². The molecule has 0 spiro atoms. The van der Waals surface area contributed by atoms with Crippen LogP contribution in [0.25, 0.3) is 89.2 Å². The Balaban J connectivity index is 0.000000133. The first-order chi connectivity index (χ1) is 55.0. The fraction of sp³-hybridized carbons (Fsp3) is 0.300. The lowest BCUT2D eigenvalue weighted by molar-refractivity contribution is -0.128. The summed E-state index contributed by atoms with van der Waals surface area (Å²) in [5.41, 5.74) is 33.4. The number of carbonyl (C=O) groups excluding carboxylic acids is 4. The molecule has 4 aliphatic rings. The van der Waals surface area contributed by atoms with Crippen molar-refractivity contribution >= 4 is 126 Å². The maximum atomic E-state index is 13.4. The van der Waals surface area contributed by atoms with Gasteiger partial charge in [0.15, 0.2) is 22.6 Å². The molecule has 0 radical (unpaired) electrons. The largest absolute Gasteiger partial charge is 0.383 e. The summed E-state index contributed by atoms with van der Waals surface area (Å²) in [6.07, 6.45) is 20.6. The topological polar surface area (TPSA) is 366 Å². The zero-order valence-corrected chi connectivity index (χ0v) is 65.6. The molecular formula is C80H86Cl3FN26O4. The van der Waals surface area contributed by atoms with E-state index in [2.05, 4.69) is 53.0 Å². The molecule has 4 aromatic carbocycles. The molecule has 4 atom stereocenters. The van der Waals surface area contributed by atoms with Gasteiger partial charge in [-0.25, -0.2) is 63.0 Å². The van der Waals surface area contributed by atoms with Gasteiger partial charge in [-0.3, -0.25) is 19.2 Å². The first-order valence-electron chi connectivity index (χ1n) is 37.1. The molecule has 30 nitrogen and oxygen atoms in total. The number of fused-ring (bicyclic) bond motifs is 4. The van der Waals surface area contributed by atoms with Crippen LogP contribution in [0.15, 0.2) is 172 Å². The van der Waals surface area contributed by atoms with Crippen molar-refractivity contribution in [3.8, 4) is 45.0 Å². The van der Waals surface area contributed by atoms with Crippen LogP contribution in [0.3, 0.4) is 0 Å². The number of nitrogens with zero attached hydrogens (tertiary/aromatic N) is 22. The lowest BCUT2D eigenvalue weighted by atomic mass is 10.1. The number of likely N-dealkylation sites (tertiary alicyclic amines) is 4. The number of hydrogen-bond acceptors (Lipinski definition) is 22. The summed E-state index contributed by atoms with van der Waals surface area (Å²) >= 11 is 18.1. The maximum Gasteiger partial charge on any atom is 0.246 e. The second-order valence-electron chi connectivity index (χ2n) is 28.4. The predicted octanol–water partition coefficient (Wildman–Crippen LogP) is 10.9. The number of anilines is 4. The van der Waals surface area contributed by atoms with Crippen LogP contribution < -0.4 is 22.9 Å². The number of piperidine rings is 2. The van der Waals surface area contributed by atoms with Gasteiger partial charge < -0.3 is 52.3 Å². The van der Waals surface area contributed by atoms with Crippen molar-refractivity contribution in [3.63, 3.8) is 0 Å². The normalized spacial score (nSPS) is 17.1. The maximum absolute atomic E-state index is 13.4. The highest BCUT2D eigenvalue weighted by atomic mass is 35.5. The van der Waals surface area contributed by atoms with Crippen molar-refractivity contribution in [1.82, 2.24) is 108 Å². The third kappa shape index (κ3) is 17.8. The van der Waals surface area contributed by atoms with Crippen LogP contribution in [0, 0.1) is 5.82 Å². The van der Waals surface area contributed by atoms with Crippen molar-refractivity contribution < 1.29 is 23.6 Å². The van der Waals surface area contributed by atoms with Crippen LogP contribution in [-0.2, 0) is 19.2 Å². The van der Waals surface area contributed by atoms with Gasteiger partial charge in [-0.15, -0.1) is 0 Å². The van der Waals surface area contributed by atoms with Gasteiger partial charge in [0.1, 0.15) is 77.2 Å². The van der Waals surface area contributed by atoms with Crippen molar-refractivity contribution in [2.45, 2.75) is 62.7 Å². The molecule has 12 aromatic rings. The summed E-state index contributed by atoms with van der Waals surface area (Å²) < 4.78 is 20.8. The lowest BCUT2D eigenvalue weighted by Crippen LogP contribution is -2.40. The summed E-state index contributed by atoms with van der Waals surface area (Å²) in [4.78, 5) is 94.6. The minimum Gasteiger partial charge on any atom is -0.383 e. The average molecular weight is 1600 g/mol. The first-order valence-corrected chi connectivity index (χ1v) is 38.2. The smallest absolute Gasteiger partial charge is 0.246 e. The highest BCUT2D eigenvalue weighted by Crippen LogP contribution is 2.40. The zero-order chi connectivity index (χ0) is 80.4. The first kappa shape index (κ1) is 79.9. The quantitative estimate of drug-likeness (QED) is 0.0653. The van der Waals surface area contributed by atoms with E-state index in [1.165, 1.54) is 49.6 Å². The van der Waals surface area contributed by atoms with Crippen LogP contribution >= 0.6 is 34.8 Å². The van der Waals surface area contributed by atoms with E-state index < -0.39 is 0 Å². The van der Waals surface area contributed by atoms with E-state index in [0.29, 0.717) is 140 Å². The van der Waals surface area contributed by atoms with E-state index in [9.17, 15) is 23.6 Å². The fourth-order valence-electron chi connectivity index (χ4n) is 14.4. The number of amides is 4. The Kier molecular flexibility index (Phi) is 25.0. The number of aromatic nitrogens is 16. The highest BCUT2D eigenvalue weighted by molar-refractivity contribution is 6.31. The number of carbonyl (C=O) groups is 4. The number of nitrogens with two attached hydrogens (primary N) is 4. The SMILES string of the molecule is C=CC(=O)N1CCC[C@@H](n2nc(-c3ccc(Cl)cc3)c3c(N)ncnc32)C1.C=CC(=O)N1CC[C@@H](n2nc(-c3ccc(Cl)cc3)c3c(N)ncnc32)C1.CN(C)C/C=C/C(=O)N1CCC[C@@H](n2nc(-c3ccc(Cl)cc3)c3c(N)ncnc32)C1.CN(C)C/C=C/C(=O)N1CC[C@@H](n2nc(-c3ccc(F)cc3)c3c(N)ncnc32)C1. The van der Waals surface area contributed by atoms with E-state index in [-0.39, 0.29) is 53.6 Å². The summed E-state index contributed by atoms with van der Waals surface area (Å²) in [5, 5.41) is 24.0. The Morgan fingerprint density at radius 2 is 0.667 bits per heavy atom. The minimum absolute atomic E-state index is 0.0105. The molecule has 8 aromatic heterocycles. The van der Waals surface area contributed by atoms with E-state index >= 15 is 0 Å². The summed E-state index contributed by atoms with van der Waals surface area (Å²) in [6, 6.07) is 28.4. The van der Waals surface area contributed by atoms with E-state index in [0.717, 1.165) is 91.5 Å². The Labute approximate surface area is 671 Å². The molecule has 34 heteroatoms. The van der Waals surface area contributed by atoms with Crippen molar-refractivity contribution in [2.24, 2.45) is 0 Å². The number of benzene rings is 4. The fourth-order valence-corrected chi connectivity index (χ4v) is 14.8. The molecule has 8 N–H and O–H groups in total. The molecule has 4 saturated heterocycles. The van der Waals surface area contributed by atoms with Gasteiger partial charge in [0.05, 0.1) is 45.7 Å². The third-order valence-corrected chi connectivity index (χ3v) is 20.9.